The molecule has 1 aromatic heterocycles. The Morgan fingerprint density at radius 2 is 2.09 bits per heavy atom. The molecule has 0 atom stereocenters. The van der Waals surface area contributed by atoms with Crippen molar-refractivity contribution in [1.29, 1.82) is 0 Å². The highest BCUT2D eigenvalue weighted by Gasteiger charge is 2.16. The van der Waals surface area contributed by atoms with Gasteiger partial charge in [0.1, 0.15) is 12.9 Å². The molecule has 3 rings (SSSR count). The number of para-hydroxylation sites is 1. The summed E-state index contributed by atoms with van der Waals surface area (Å²) >= 11 is 0. The second-order valence-electron chi connectivity index (χ2n) is 5.30. The van der Waals surface area contributed by atoms with Crippen molar-refractivity contribution in [2.24, 2.45) is 16.6 Å². The van der Waals surface area contributed by atoms with E-state index in [0.717, 1.165) is 24.0 Å². The molecule has 1 aliphatic carbocycles. The predicted octanol–water partition coefficient (Wildman–Crippen LogP) is 2.09. The first kappa shape index (κ1) is 16.7. The van der Waals surface area contributed by atoms with Gasteiger partial charge in [-0.3, -0.25) is 0 Å². The topological polar surface area (TPSA) is 81.1 Å². The number of hydrogen-bond acceptors (Lipinski definition) is 3. The van der Waals surface area contributed by atoms with Crippen molar-refractivity contribution >= 4 is 29.9 Å². The van der Waals surface area contributed by atoms with Gasteiger partial charge in [-0.1, -0.05) is 24.6 Å². The van der Waals surface area contributed by atoms with E-state index in [-0.39, 0.29) is 24.0 Å². The van der Waals surface area contributed by atoms with Crippen molar-refractivity contribution in [2.45, 2.75) is 25.8 Å². The third-order valence-corrected chi connectivity index (χ3v) is 3.81. The Balaban J connectivity index is 0.00000176. The molecule has 0 bridgehead atoms. The van der Waals surface area contributed by atoms with Crippen molar-refractivity contribution < 1.29 is 0 Å². The molecule has 0 radical (unpaired) electrons. The average molecular weight is 412 g/mol. The lowest BCUT2D eigenvalue weighted by Crippen LogP contribution is -2.37. The molecule has 118 valence electrons. The Morgan fingerprint density at radius 3 is 2.77 bits per heavy atom. The van der Waals surface area contributed by atoms with Crippen LogP contribution in [0.3, 0.4) is 0 Å². The number of aromatic nitrogens is 3. The van der Waals surface area contributed by atoms with Gasteiger partial charge in [0.15, 0.2) is 11.8 Å². The number of aliphatic imine (C=N–C) groups is 1. The normalized spacial score (nSPS) is 15.0. The van der Waals surface area contributed by atoms with Crippen LogP contribution in [0.4, 0.5) is 0 Å². The molecule has 3 N–H and O–H groups in total. The van der Waals surface area contributed by atoms with Gasteiger partial charge in [0.25, 0.3) is 0 Å². The first-order valence-electron chi connectivity index (χ1n) is 7.31. The fourth-order valence-corrected chi connectivity index (χ4v) is 2.32. The summed E-state index contributed by atoms with van der Waals surface area (Å²) in [5.74, 6) is 2.01. The molecule has 1 aromatic carbocycles. The van der Waals surface area contributed by atoms with Crippen molar-refractivity contribution in [1.82, 2.24) is 20.1 Å². The molecule has 1 fully saturated rings. The van der Waals surface area contributed by atoms with Crippen molar-refractivity contribution in [3.8, 4) is 5.69 Å². The monoisotopic (exact) mass is 412 g/mol. The van der Waals surface area contributed by atoms with Gasteiger partial charge in [0, 0.05) is 6.54 Å². The first-order chi connectivity index (χ1) is 10.3. The molecule has 0 unspecified atom stereocenters. The van der Waals surface area contributed by atoms with E-state index in [0.29, 0.717) is 12.5 Å². The van der Waals surface area contributed by atoms with E-state index in [4.69, 9.17) is 5.73 Å². The molecular weight excluding hydrogens is 391 g/mol. The van der Waals surface area contributed by atoms with E-state index < -0.39 is 0 Å². The Bertz CT molecular complexity index is 606. The molecule has 2 aromatic rings. The van der Waals surface area contributed by atoms with E-state index in [9.17, 15) is 0 Å². The van der Waals surface area contributed by atoms with Gasteiger partial charge < -0.3 is 11.1 Å². The van der Waals surface area contributed by atoms with Crippen LogP contribution in [0.1, 0.15) is 25.1 Å². The number of nitrogens with zero attached hydrogens (tertiary/aromatic N) is 4. The number of guanidine groups is 1. The lowest BCUT2D eigenvalue weighted by Gasteiger charge is -2.25. The minimum absolute atomic E-state index is 0. The van der Waals surface area contributed by atoms with Gasteiger partial charge in [-0.15, -0.1) is 24.0 Å². The fraction of sp³-hybridized carbons (Fsp3) is 0.400. The molecule has 0 spiro atoms. The van der Waals surface area contributed by atoms with Crippen LogP contribution in [-0.4, -0.2) is 27.3 Å². The summed E-state index contributed by atoms with van der Waals surface area (Å²) in [5.41, 5.74) is 6.86. The zero-order chi connectivity index (χ0) is 14.5. The van der Waals surface area contributed by atoms with Gasteiger partial charge in [0.2, 0.25) is 0 Å². The third kappa shape index (κ3) is 4.19. The Labute approximate surface area is 147 Å². The highest BCUT2D eigenvalue weighted by Crippen LogP contribution is 2.24. The Morgan fingerprint density at radius 1 is 1.32 bits per heavy atom. The smallest absolute Gasteiger partial charge is 0.189 e. The second kappa shape index (κ2) is 8.11. The average Bonchev–Trinajstić information content (AvgIpc) is 2.93. The van der Waals surface area contributed by atoms with Crippen LogP contribution >= 0.6 is 24.0 Å². The number of benzene rings is 1. The predicted molar refractivity (Wildman–Crippen MR) is 97.4 cm³/mol. The Hall–Kier alpha value is -1.64. The summed E-state index contributed by atoms with van der Waals surface area (Å²) in [7, 11) is 0. The number of nitrogens with one attached hydrogen (secondary N) is 1. The zero-order valence-electron chi connectivity index (χ0n) is 12.4. The van der Waals surface area contributed by atoms with E-state index in [1.165, 1.54) is 25.6 Å². The van der Waals surface area contributed by atoms with Crippen LogP contribution in [0.15, 0.2) is 41.7 Å². The van der Waals surface area contributed by atoms with Crippen LogP contribution in [-0.2, 0) is 6.54 Å². The molecule has 6 nitrogen and oxygen atoms in total. The van der Waals surface area contributed by atoms with Gasteiger partial charge >= 0.3 is 0 Å². The van der Waals surface area contributed by atoms with Crippen LogP contribution in [0.5, 0.6) is 0 Å². The number of nitrogens with two attached hydrogens (primary N) is 1. The van der Waals surface area contributed by atoms with Crippen molar-refractivity contribution in [3.05, 3.63) is 42.5 Å². The molecule has 1 aliphatic rings. The van der Waals surface area contributed by atoms with E-state index in [1.54, 1.807) is 4.68 Å². The van der Waals surface area contributed by atoms with E-state index in [2.05, 4.69) is 20.4 Å². The van der Waals surface area contributed by atoms with Crippen LogP contribution in [0.2, 0.25) is 0 Å². The van der Waals surface area contributed by atoms with Crippen molar-refractivity contribution in [3.63, 3.8) is 0 Å². The molecule has 7 heteroatoms. The van der Waals surface area contributed by atoms with Crippen LogP contribution in [0.25, 0.3) is 5.69 Å². The van der Waals surface area contributed by atoms with E-state index in [1.807, 2.05) is 30.3 Å². The molecule has 22 heavy (non-hydrogen) atoms. The maximum absolute atomic E-state index is 5.89. The summed E-state index contributed by atoms with van der Waals surface area (Å²) < 4.78 is 1.78. The van der Waals surface area contributed by atoms with Gasteiger partial charge in [0.05, 0.1) is 5.69 Å². The molecule has 1 saturated carbocycles. The number of hydrogen-bond donors (Lipinski definition) is 2. The highest BCUT2D eigenvalue weighted by molar-refractivity contribution is 14.0. The first-order valence-corrected chi connectivity index (χ1v) is 7.31. The summed E-state index contributed by atoms with van der Waals surface area (Å²) in [5, 5.41) is 7.41. The maximum Gasteiger partial charge on any atom is 0.189 e. The van der Waals surface area contributed by atoms with Gasteiger partial charge in [-0.05, 0) is 30.9 Å². The lowest BCUT2D eigenvalue weighted by atomic mass is 9.85. The lowest BCUT2D eigenvalue weighted by molar-refractivity contribution is 0.315. The molecule has 0 saturated heterocycles. The third-order valence-electron chi connectivity index (χ3n) is 3.81. The summed E-state index contributed by atoms with van der Waals surface area (Å²) in [6, 6.07) is 9.89. The Kier molecular flexibility index (Phi) is 6.17. The number of halogens is 1. The highest BCUT2D eigenvalue weighted by atomic mass is 127. The molecule has 1 heterocycles. The van der Waals surface area contributed by atoms with Gasteiger partial charge in [-0.25, -0.2) is 14.7 Å². The zero-order valence-corrected chi connectivity index (χ0v) is 14.7. The van der Waals surface area contributed by atoms with E-state index >= 15 is 0 Å². The molecular formula is C15H21IN6. The summed E-state index contributed by atoms with van der Waals surface area (Å²) in [6.07, 6.45) is 5.46. The second-order valence-corrected chi connectivity index (χ2v) is 5.30. The van der Waals surface area contributed by atoms with Crippen LogP contribution in [0, 0.1) is 5.92 Å². The maximum atomic E-state index is 5.89. The largest absolute Gasteiger partial charge is 0.370 e. The summed E-state index contributed by atoms with van der Waals surface area (Å²) in [4.78, 5) is 8.59. The standard InChI is InChI=1S/C15H20N6.HI/c16-15(17-9-12-5-4-6-12)18-10-14-19-11-20-21(14)13-7-2-1-3-8-13;/h1-3,7-8,11-12H,4-6,9-10H2,(H3,16,17,18);1H. The molecule has 0 amide bonds. The minimum atomic E-state index is 0. The molecule has 0 aliphatic heterocycles. The SMILES string of the molecule is I.NC(=NCc1ncnn1-c1ccccc1)NCC1CCC1. The number of rotatable bonds is 5. The van der Waals surface area contributed by atoms with Crippen molar-refractivity contribution in [2.75, 3.05) is 6.54 Å². The minimum Gasteiger partial charge on any atom is -0.370 e. The summed E-state index contributed by atoms with van der Waals surface area (Å²) in [6.45, 7) is 1.33. The quantitative estimate of drug-likeness (QED) is 0.448. The van der Waals surface area contributed by atoms with Crippen LogP contribution < -0.4 is 11.1 Å². The fourth-order valence-electron chi connectivity index (χ4n) is 2.32. The van der Waals surface area contributed by atoms with Gasteiger partial charge in [-0.2, -0.15) is 5.10 Å².